The largest absolute Gasteiger partial charge is 0.460 e. The fourth-order valence-electron chi connectivity index (χ4n) is 4.96. The first-order chi connectivity index (χ1) is 22.7. The Balaban J connectivity index is 0.00000213. The fourth-order valence-corrected chi connectivity index (χ4v) is 6.48. The lowest BCUT2D eigenvalue weighted by Crippen LogP contribution is -2.37. The number of fused-ring (bicyclic) bond motifs is 2. The van der Waals surface area contributed by atoms with E-state index in [4.69, 9.17) is 24.3 Å². The van der Waals surface area contributed by atoms with Crippen molar-refractivity contribution in [1.29, 1.82) is 0 Å². The molecule has 0 radical (unpaired) electrons. The van der Waals surface area contributed by atoms with Crippen molar-refractivity contribution >= 4 is 41.5 Å². The number of imidazole rings is 1. The van der Waals surface area contributed by atoms with Gasteiger partial charge in [-0.25, -0.2) is 19.5 Å². The number of benzene rings is 3. The number of esters is 1. The van der Waals surface area contributed by atoms with Crippen LogP contribution in [0.5, 0.6) is 5.75 Å². The third-order valence-corrected chi connectivity index (χ3v) is 8.93. The Hall–Kier alpha value is -4.43. The van der Waals surface area contributed by atoms with Gasteiger partial charge in [-0.2, -0.15) is 5.09 Å². The second-order valence-electron chi connectivity index (χ2n) is 10.4. The van der Waals surface area contributed by atoms with Crippen LogP contribution in [0.1, 0.15) is 32.6 Å². The standard InChI is InChI=1S/C30H31N6O8P.C2H6/c1-18(30(39)41-14-19-8-3-2-4-9-19)35-45(40,44-22-13-7-11-20-10-5-6-12-21(20)22)42-15-23-25(37)26(38)29(43-23)36-17-34-24-27(31)32-16-33-28(24)36;1-2/h2-13,16-18,23,25-26,29,37-38H,14-15H2,1H3,(H,35,40)(H2,31,32,33);1-2H3/t18-,23+,25+,26+,29+,45?;/m0./s1. The van der Waals surface area contributed by atoms with E-state index in [2.05, 4.69) is 20.0 Å². The Kier molecular flexibility index (Phi) is 10.8. The second-order valence-corrected chi connectivity index (χ2v) is 12.1. The number of anilines is 1. The van der Waals surface area contributed by atoms with Gasteiger partial charge in [-0.15, -0.1) is 0 Å². The third kappa shape index (κ3) is 7.60. The van der Waals surface area contributed by atoms with Gasteiger partial charge in [0.05, 0.1) is 12.9 Å². The summed E-state index contributed by atoms with van der Waals surface area (Å²) in [4.78, 5) is 25.1. The minimum absolute atomic E-state index is 0.0158. The van der Waals surface area contributed by atoms with Crippen LogP contribution in [0.25, 0.3) is 21.9 Å². The number of aromatic nitrogens is 4. The van der Waals surface area contributed by atoms with E-state index in [0.29, 0.717) is 10.9 Å². The average Bonchev–Trinajstić information content (AvgIpc) is 3.65. The number of carbonyl (C=O) groups excluding carboxylic acids is 1. The number of nitrogen functional groups attached to an aromatic ring is 1. The van der Waals surface area contributed by atoms with Crippen molar-refractivity contribution in [2.45, 2.75) is 58.0 Å². The van der Waals surface area contributed by atoms with E-state index in [1.807, 2.05) is 62.4 Å². The molecule has 1 unspecified atom stereocenters. The Labute approximate surface area is 271 Å². The van der Waals surface area contributed by atoms with Crippen molar-refractivity contribution in [3.05, 3.63) is 91.0 Å². The number of ether oxygens (including phenoxy) is 2. The molecule has 0 spiro atoms. The van der Waals surface area contributed by atoms with Crippen LogP contribution in [0, 0.1) is 0 Å². The van der Waals surface area contributed by atoms with Gasteiger partial charge < -0.3 is 29.9 Å². The zero-order chi connectivity index (χ0) is 33.6. The van der Waals surface area contributed by atoms with Gasteiger partial charge in [0, 0.05) is 5.39 Å². The van der Waals surface area contributed by atoms with E-state index >= 15 is 0 Å². The monoisotopic (exact) mass is 664 g/mol. The van der Waals surface area contributed by atoms with Gasteiger partial charge >= 0.3 is 13.7 Å². The third-order valence-electron chi connectivity index (χ3n) is 7.30. The van der Waals surface area contributed by atoms with Gasteiger partial charge in [0.2, 0.25) is 0 Å². The summed E-state index contributed by atoms with van der Waals surface area (Å²) >= 11 is 0. The van der Waals surface area contributed by atoms with E-state index in [1.165, 1.54) is 24.1 Å². The Bertz CT molecular complexity index is 1850. The predicted octanol–water partition coefficient (Wildman–Crippen LogP) is 4.13. The number of hydrogen-bond acceptors (Lipinski definition) is 12. The summed E-state index contributed by atoms with van der Waals surface area (Å²) in [5.74, 6) is -0.312. The van der Waals surface area contributed by atoms with Gasteiger partial charge in [0.25, 0.3) is 0 Å². The minimum atomic E-state index is -4.36. The highest BCUT2D eigenvalue weighted by Gasteiger charge is 2.46. The maximum atomic E-state index is 14.3. The van der Waals surface area contributed by atoms with E-state index in [-0.39, 0.29) is 23.8 Å². The number of nitrogens with two attached hydrogens (primary N) is 1. The molecule has 1 aliphatic rings. The predicted molar refractivity (Wildman–Crippen MR) is 174 cm³/mol. The normalized spacial score (nSPS) is 21.0. The van der Waals surface area contributed by atoms with Crippen LogP contribution in [0.2, 0.25) is 0 Å². The molecule has 2 aromatic heterocycles. The first-order valence-corrected chi connectivity index (χ1v) is 16.6. The van der Waals surface area contributed by atoms with Gasteiger partial charge in [0.1, 0.15) is 48.6 Å². The van der Waals surface area contributed by atoms with Crippen molar-refractivity contribution in [3.8, 4) is 5.75 Å². The van der Waals surface area contributed by atoms with Crippen molar-refractivity contribution < 1.29 is 38.1 Å². The van der Waals surface area contributed by atoms with Crippen molar-refractivity contribution in [3.63, 3.8) is 0 Å². The van der Waals surface area contributed by atoms with Gasteiger partial charge in [-0.3, -0.25) is 13.9 Å². The van der Waals surface area contributed by atoms with Crippen LogP contribution in [-0.2, 0) is 30.0 Å². The van der Waals surface area contributed by atoms with Gasteiger partial charge in [0.15, 0.2) is 17.7 Å². The fraction of sp³-hybridized carbons (Fsp3) is 0.312. The lowest BCUT2D eigenvalue weighted by atomic mass is 10.1. The molecule has 15 heteroatoms. The summed E-state index contributed by atoms with van der Waals surface area (Å²) in [6.07, 6.45) is -2.55. The Morgan fingerprint density at radius 2 is 1.74 bits per heavy atom. The molecule has 0 aliphatic carbocycles. The molecule has 0 bridgehead atoms. The number of aliphatic hydroxyl groups is 2. The number of aliphatic hydroxyl groups excluding tert-OH is 2. The molecule has 1 aliphatic heterocycles. The van der Waals surface area contributed by atoms with Crippen LogP contribution >= 0.6 is 7.75 Å². The lowest BCUT2D eigenvalue weighted by molar-refractivity contribution is -0.146. The summed E-state index contributed by atoms with van der Waals surface area (Å²) in [5, 5.41) is 25.8. The molecule has 1 saturated heterocycles. The number of nitrogens with one attached hydrogen (secondary N) is 1. The molecule has 3 heterocycles. The highest BCUT2D eigenvalue weighted by molar-refractivity contribution is 7.52. The molecule has 5 N–H and O–H groups in total. The first kappa shape index (κ1) is 33.9. The Morgan fingerprint density at radius 3 is 2.53 bits per heavy atom. The molecule has 0 saturated carbocycles. The van der Waals surface area contributed by atoms with Crippen LogP contribution in [0.4, 0.5) is 5.82 Å². The molecule has 6 atom stereocenters. The molecule has 47 heavy (non-hydrogen) atoms. The average molecular weight is 665 g/mol. The minimum Gasteiger partial charge on any atom is -0.460 e. The molecule has 1 fully saturated rings. The molecule has 3 aromatic carbocycles. The van der Waals surface area contributed by atoms with Gasteiger partial charge in [-0.1, -0.05) is 80.6 Å². The Morgan fingerprint density at radius 1 is 1.02 bits per heavy atom. The molecule has 6 rings (SSSR count). The maximum Gasteiger partial charge on any atom is 0.459 e. The highest BCUT2D eigenvalue weighted by Crippen LogP contribution is 2.47. The zero-order valence-corrected chi connectivity index (χ0v) is 26.9. The maximum absolute atomic E-state index is 14.3. The quantitative estimate of drug-likeness (QED) is 0.116. The lowest BCUT2D eigenvalue weighted by Gasteiger charge is -2.25. The van der Waals surface area contributed by atoms with Crippen molar-refractivity contribution in [2.75, 3.05) is 12.3 Å². The molecular formula is C32H37N6O8P. The SMILES string of the molecule is CC.C[C@H](NP(=O)(OC[C@H]1O[C@@H](n2cnc3c(N)ncnc32)[C@H](O)[C@@H]1O)Oc1cccc2ccccc12)C(=O)OCc1ccccc1. The molecular weight excluding hydrogens is 627 g/mol. The highest BCUT2D eigenvalue weighted by atomic mass is 31.2. The topological polar surface area (TPSA) is 193 Å². The van der Waals surface area contributed by atoms with E-state index < -0.39 is 50.9 Å². The van der Waals surface area contributed by atoms with Gasteiger partial charge in [-0.05, 0) is 23.9 Å². The van der Waals surface area contributed by atoms with E-state index in [1.54, 1.807) is 24.3 Å². The number of nitrogens with zero attached hydrogens (tertiary/aromatic N) is 4. The second kappa shape index (κ2) is 15.0. The summed E-state index contributed by atoms with van der Waals surface area (Å²) in [6, 6.07) is 20.5. The van der Waals surface area contributed by atoms with E-state index in [0.717, 1.165) is 10.9 Å². The summed E-state index contributed by atoms with van der Waals surface area (Å²) in [5.41, 5.74) is 7.24. The van der Waals surface area contributed by atoms with Crippen molar-refractivity contribution in [1.82, 2.24) is 24.6 Å². The summed E-state index contributed by atoms with van der Waals surface area (Å²) < 4.78 is 38.8. The summed E-state index contributed by atoms with van der Waals surface area (Å²) in [6.45, 7) is 5.00. The van der Waals surface area contributed by atoms with Crippen LogP contribution in [0.3, 0.4) is 0 Å². The van der Waals surface area contributed by atoms with Crippen LogP contribution in [-0.4, -0.2) is 66.7 Å². The molecule has 0 amide bonds. The van der Waals surface area contributed by atoms with Crippen LogP contribution in [0.15, 0.2) is 85.5 Å². The zero-order valence-electron chi connectivity index (χ0n) is 26.0. The number of rotatable bonds is 11. The van der Waals surface area contributed by atoms with Crippen molar-refractivity contribution in [2.24, 2.45) is 0 Å². The molecule has 5 aromatic rings. The smallest absolute Gasteiger partial charge is 0.459 e. The van der Waals surface area contributed by atoms with Crippen LogP contribution < -0.4 is 15.3 Å². The first-order valence-electron chi connectivity index (χ1n) is 15.1. The number of carbonyl (C=O) groups is 1. The van der Waals surface area contributed by atoms with E-state index in [9.17, 15) is 19.6 Å². The molecule has 14 nitrogen and oxygen atoms in total. The number of hydrogen-bond donors (Lipinski definition) is 4. The summed E-state index contributed by atoms with van der Waals surface area (Å²) in [7, 11) is -4.36. The molecule has 248 valence electrons.